The summed E-state index contributed by atoms with van der Waals surface area (Å²) in [5.41, 5.74) is 1.35. The van der Waals surface area contributed by atoms with E-state index in [0.29, 0.717) is 30.3 Å². The zero-order valence-corrected chi connectivity index (χ0v) is 15.0. The van der Waals surface area contributed by atoms with Gasteiger partial charge >= 0.3 is 0 Å². The maximum absolute atomic E-state index is 12.6. The molecule has 7 heteroatoms. The molecule has 1 saturated heterocycles. The zero-order valence-electron chi connectivity index (χ0n) is 15.0. The molecule has 1 aromatic heterocycles. The highest BCUT2D eigenvalue weighted by molar-refractivity contribution is 6.05. The fourth-order valence-corrected chi connectivity index (χ4v) is 3.48. The molecule has 4 rings (SSSR count). The van der Waals surface area contributed by atoms with Crippen LogP contribution in [0.1, 0.15) is 10.4 Å². The first-order valence-electron chi connectivity index (χ1n) is 9.17. The van der Waals surface area contributed by atoms with Crippen LogP contribution >= 0.6 is 0 Å². The van der Waals surface area contributed by atoms with Gasteiger partial charge in [-0.3, -0.25) is 9.69 Å². The standard InChI is InChI=1S/C20H21N5O2/c21-12-16-14-25(7-6-24-8-10-27-11-9-24)20-17(18(16)26)13-22-19(23-20)15-4-2-1-3-5-15/h1-5,13,16H,6-11,14H2. The highest BCUT2D eigenvalue weighted by Crippen LogP contribution is 2.29. The lowest BCUT2D eigenvalue weighted by Crippen LogP contribution is -2.45. The SMILES string of the molecule is N#CC1CN(CCN2CCOCC2)c2nc(-c3ccccc3)ncc2C1=O. The second-order valence-corrected chi connectivity index (χ2v) is 6.74. The van der Waals surface area contributed by atoms with Crippen LogP contribution in [0.25, 0.3) is 11.4 Å². The van der Waals surface area contributed by atoms with Gasteiger partial charge in [0.1, 0.15) is 11.7 Å². The highest BCUT2D eigenvalue weighted by atomic mass is 16.5. The van der Waals surface area contributed by atoms with Crippen molar-refractivity contribution < 1.29 is 9.53 Å². The van der Waals surface area contributed by atoms with Crippen molar-refractivity contribution in [3.8, 4) is 17.5 Å². The van der Waals surface area contributed by atoms with Crippen LogP contribution in [0.15, 0.2) is 36.5 Å². The van der Waals surface area contributed by atoms with Gasteiger partial charge in [-0.2, -0.15) is 5.26 Å². The van der Waals surface area contributed by atoms with E-state index < -0.39 is 5.92 Å². The molecule has 0 aliphatic carbocycles. The molecule has 0 amide bonds. The quantitative estimate of drug-likeness (QED) is 0.816. The van der Waals surface area contributed by atoms with Gasteiger partial charge in [-0.05, 0) is 0 Å². The molecular weight excluding hydrogens is 342 g/mol. The third-order valence-corrected chi connectivity index (χ3v) is 5.03. The molecule has 27 heavy (non-hydrogen) atoms. The fraction of sp³-hybridized carbons (Fsp3) is 0.400. The molecule has 7 nitrogen and oxygen atoms in total. The van der Waals surface area contributed by atoms with Crippen LogP contribution in [-0.2, 0) is 4.74 Å². The van der Waals surface area contributed by atoms with Crippen LogP contribution in [-0.4, -0.2) is 66.6 Å². The average Bonchev–Trinajstić information content (AvgIpc) is 2.74. The summed E-state index contributed by atoms with van der Waals surface area (Å²) < 4.78 is 5.40. The Morgan fingerprint density at radius 1 is 1.19 bits per heavy atom. The number of carbonyl (C=O) groups excluding carboxylic acids is 1. The number of fused-ring (bicyclic) bond motifs is 1. The molecule has 2 aliphatic heterocycles. The molecule has 0 saturated carbocycles. The summed E-state index contributed by atoms with van der Waals surface area (Å²) in [5, 5.41) is 9.39. The molecule has 2 aliphatic rings. The summed E-state index contributed by atoms with van der Waals surface area (Å²) in [6.45, 7) is 5.23. The summed E-state index contributed by atoms with van der Waals surface area (Å²) in [4.78, 5) is 26.0. The summed E-state index contributed by atoms with van der Waals surface area (Å²) in [7, 11) is 0. The van der Waals surface area contributed by atoms with Crippen LogP contribution in [0.5, 0.6) is 0 Å². The van der Waals surface area contributed by atoms with Gasteiger partial charge in [0.2, 0.25) is 0 Å². The normalized spacial score (nSPS) is 20.2. The van der Waals surface area contributed by atoms with E-state index in [9.17, 15) is 10.1 Å². The summed E-state index contributed by atoms with van der Waals surface area (Å²) in [6.07, 6.45) is 1.57. The van der Waals surface area contributed by atoms with E-state index in [-0.39, 0.29) is 5.78 Å². The number of aromatic nitrogens is 2. The van der Waals surface area contributed by atoms with Gasteiger partial charge in [0.05, 0.1) is 24.8 Å². The minimum atomic E-state index is -0.673. The molecular formula is C20H21N5O2. The Bertz CT molecular complexity index is 858. The van der Waals surface area contributed by atoms with Crippen molar-refractivity contribution in [2.45, 2.75) is 0 Å². The van der Waals surface area contributed by atoms with Crippen molar-refractivity contribution >= 4 is 11.6 Å². The summed E-state index contributed by atoms with van der Waals surface area (Å²) in [5.74, 6) is 0.366. The smallest absolute Gasteiger partial charge is 0.187 e. The van der Waals surface area contributed by atoms with E-state index in [2.05, 4.69) is 20.9 Å². The van der Waals surface area contributed by atoms with Gasteiger partial charge in [0, 0.05) is 44.5 Å². The number of nitriles is 1. The van der Waals surface area contributed by atoms with E-state index in [1.54, 1.807) is 6.20 Å². The van der Waals surface area contributed by atoms with Crippen molar-refractivity contribution in [3.63, 3.8) is 0 Å². The first kappa shape index (κ1) is 17.6. The Balaban J connectivity index is 1.62. The van der Waals surface area contributed by atoms with Gasteiger partial charge in [-0.1, -0.05) is 30.3 Å². The Morgan fingerprint density at radius 2 is 1.96 bits per heavy atom. The first-order valence-corrected chi connectivity index (χ1v) is 9.17. The second kappa shape index (κ2) is 7.82. The molecule has 1 atom stereocenters. The minimum absolute atomic E-state index is 0.185. The monoisotopic (exact) mass is 363 g/mol. The Morgan fingerprint density at radius 3 is 2.70 bits per heavy atom. The van der Waals surface area contributed by atoms with E-state index >= 15 is 0 Å². The van der Waals surface area contributed by atoms with E-state index in [4.69, 9.17) is 4.74 Å². The van der Waals surface area contributed by atoms with Crippen LogP contribution < -0.4 is 4.90 Å². The highest BCUT2D eigenvalue weighted by Gasteiger charge is 2.34. The molecule has 1 unspecified atom stereocenters. The number of ether oxygens (including phenoxy) is 1. The maximum Gasteiger partial charge on any atom is 0.187 e. The van der Waals surface area contributed by atoms with Crippen molar-refractivity contribution in [3.05, 3.63) is 42.1 Å². The molecule has 0 N–H and O–H groups in total. The molecule has 1 fully saturated rings. The fourth-order valence-electron chi connectivity index (χ4n) is 3.48. The maximum atomic E-state index is 12.6. The average molecular weight is 363 g/mol. The summed E-state index contributed by atoms with van der Waals surface area (Å²) >= 11 is 0. The van der Waals surface area contributed by atoms with Crippen LogP contribution in [0.2, 0.25) is 0 Å². The summed E-state index contributed by atoms with van der Waals surface area (Å²) in [6, 6.07) is 11.8. The number of morpholine rings is 1. The third-order valence-electron chi connectivity index (χ3n) is 5.03. The van der Waals surface area contributed by atoms with E-state index in [1.165, 1.54) is 0 Å². The van der Waals surface area contributed by atoms with Gasteiger partial charge in [-0.25, -0.2) is 9.97 Å². The number of nitrogens with zero attached hydrogens (tertiary/aromatic N) is 5. The number of anilines is 1. The molecule has 2 aromatic rings. The number of carbonyl (C=O) groups is 1. The number of hydrogen-bond acceptors (Lipinski definition) is 7. The zero-order chi connectivity index (χ0) is 18.6. The molecule has 1 aromatic carbocycles. The molecule has 138 valence electrons. The number of Topliss-reactive ketones (excluding diaryl/α,β-unsaturated/α-hetero) is 1. The van der Waals surface area contributed by atoms with Crippen LogP contribution in [0.4, 0.5) is 5.82 Å². The van der Waals surface area contributed by atoms with Crippen LogP contribution in [0.3, 0.4) is 0 Å². The van der Waals surface area contributed by atoms with Gasteiger partial charge in [0.15, 0.2) is 11.6 Å². The van der Waals surface area contributed by atoms with E-state index in [1.807, 2.05) is 35.2 Å². The largest absolute Gasteiger partial charge is 0.379 e. The molecule has 0 spiro atoms. The lowest BCUT2D eigenvalue weighted by Gasteiger charge is -2.34. The molecule has 0 bridgehead atoms. The lowest BCUT2D eigenvalue weighted by atomic mass is 9.95. The third kappa shape index (κ3) is 3.68. The van der Waals surface area contributed by atoms with Crippen molar-refractivity contribution in [2.24, 2.45) is 5.92 Å². The Labute approximate surface area is 158 Å². The van der Waals surface area contributed by atoms with Crippen molar-refractivity contribution in [2.75, 3.05) is 50.8 Å². The van der Waals surface area contributed by atoms with E-state index in [0.717, 1.165) is 38.4 Å². The minimum Gasteiger partial charge on any atom is -0.379 e. The van der Waals surface area contributed by atoms with Crippen molar-refractivity contribution in [1.82, 2.24) is 14.9 Å². The number of benzene rings is 1. The molecule has 0 radical (unpaired) electrons. The second-order valence-electron chi connectivity index (χ2n) is 6.74. The Hall–Kier alpha value is -2.82. The van der Waals surface area contributed by atoms with Crippen molar-refractivity contribution in [1.29, 1.82) is 5.26 Å². The lowest BCUT2D eigenvalue weighted by molar-refractivity contribution is 0.0391. The number of ketones is 1. The molecule has 3 heterocycles. The number of hydrogen-bond donors (Lipinski definition) is 0. The predicted octanol–water partition coefficient (Wildman–Crippen LogP) is 1.62. The van der Waals surface area contributed by atoms with Gasteiger partial charge in [0.25, 0.3) is 0 Å². The Kier molecular flexibility index (Phi) is 5.10. The topological polar surface area (TPSA) is 82.3 Å². The predicted molar refractivity (Wildman–Crippen MR) is 100 cm³/mol. The van der Waals surface area contributed by atoms with Gasteiger partial charge < -0.3 is 9.64 Å². The first-order chi connectivity index (χ1) is 13.3. The van der Waals surface area contributed by atoms with Crippen LogP contribution in [0, 0.1) is 17.2 Å². The van der Waals surface area contributed by atoms with Gasteiger partial charge in [-0.15, -0.1) is 0 Å². The number of rotatable bonds is 4.